The lowest BCUT2D eigenvalue weighted by molar-refractivity contribution is 0.401. The predicted molar refractivity (Wildman–Crippen MR) is 72.4 cm³/mol. The van der Waals surface area contributed by atoms with E-state index in [-0.39, 0.29) is 17.1 Å². The van der Waals surface area contributed by atoms with E-state index in [2.05, 4.69) is 4.72 Å². The summed E-state index contributed by atoms with van der Waals surface area (Å²) in [4.78, 5) is 0.0534. The molecule has 1 aromatic rings. The van der Waals surface area contributed by atoms with Crippen LogP contribution in [0.2, 0.25) is 0 Å². The molecule has 0 radical (unpaired) electrons. The van der Waals surface area contributed by atoms with E-state index >= 15 is 0 Å². The highest BCUT2D eigenvalue weighted by Crippen LogP contribution is 2.26. The van der Waals surface area contributed by atoms with Crippen LogP contribution >= 0.6 is 0 Å². The quantitative estimate of drug-likeness (QED) is 0.913. The lowest BCUT2D eigenvalue weighted by atomic mass is 10.1. The molecule has 0 bridgehead atoms. The molecule has 0 atom stereocenters. The van der Waals surface area contributed by atoms with Gasteiger partial charge in [-0.2, -0.15) is 5.26 Å². The smallest absolute Gasteiger partial charge is 0.244 e. The minimum absolute atomic E-state index is 0.0534. The summed E-state index contributed by atoms with van der Waals surface area (Å²) in [6, 6.07) is 6.70. The second-order valence-electron chi connectivity index (χ2n) is 5.18. The van der Waals surface area contributed by atoms with Crippen LogP contribution < -0.4 is 9.46 Å². The minimum Gasteiger partial charge on any atom is -0.495 e. The fourth-order valence-corrected chi connectivity index (χ4v) is 3.23. The maximum Gasteiger partial charge on any atom is 0.244 e. The fourth-order valence-electron chi connectivity index (χ4n) is 1.59. The van der Waals surface area contributed by atoms with Crippen molar-refractivity contribution in [1.29, 1.82) is 5.26 Å². The third kappa shape index (κ3) is 4.23. The van der Waals surface area contributed by atoms with Crippen molar-refractivity contribution >= 4 is 10.0 Å². The zero-order valence-electron chi connectivity index (χ0n) is 11.5. The predicted octanol–water partition coefficient (Wildman–Crippen LogP) is 1.84. The van der Waals surface area contributed by atoms with Gasteiger partial charge in [-0.25, -0.2) is 13.1 Å². The van der Waals surface area contributed by atoms with Crippen molar-refractivity contribution in [3.8, 4) is 11.8 Å². The molecule has 6 heteroatoms. The molecule has 0 spiro atoms. The molecular formula is C13H18N2O3S. The topological polar surface area (TPSA) is 79.2 Å². The number of ether oxygens (including phenoxy) is 1. The summed E-state index contributed by atoms with van der Waals surface area (Å²) in [5.74, 6) is 0.262. The van der Waals surface area contributed by atoms with Crippen molar-refractivity contribution in [2.45, 2.75) is 37.6 Å². The van der Waals surface area contributed by atoms with Gasteiger partial charge in [-0.1, -0.05) is 6.07 Å². The molecule has 1 aromatic carbocycles. The number of nitriles is 1. The van der Waals surface area contributed by atoms with Crippen LogP contribution in [0.15, 0.2) is 23.1 Å². The Balaban J connectivity index is 3.31. The molecule has 0 fully saturated rings. The number of nitrogens with zero attached hydrogens (tertiary/aromatic N) is 1. The van der Waals surface area contributed by atoms with E-state index in [1.807, 2.05) is 6.07 Å². The van der Waals surface area contributed by atoms with Crippen molar-refractivity contribution in [3.63, 3.8) is 0 Å². The van der Waals surface area contributed by atoms with Gasteiger partial charge in [0.05, 0.1) is 19.6 Å². The third-order valence-electron chi connectivity index (χ3n) is 2.24. The van der Waals surface area contributed by atoms with E-state index in [0.29, 0.717) is 5.56 Å². The highest BCUT2D eigenvalue weighted by Gasteiger charge is 2.25. The molecule has 5 nitrogen and oxygen atoms in total. The van der Waals surface area contributed by atoms with Crippen molar-refractivity contribution < 1.29 is 13.2 Å². The van der Waals surface area contributed by atoms with Crippen LogP contribution in [0.1, 0.15) is 26.3 Å². The van der Waals surface area contributed by atoms with Gasteiger partial charge < -0.3 is 4.74 Å². The number of rotatable bonds is 4. The molecule has 0 aromatic heterocycles. The van der Waals surface area contributed by atoms with Gasteiger partial charge in [-0.05, 0) is 38.5 Å². The first-order chi connectivity index (χ1) is 8.69. The first-order valence-electron chi connectivity index (χ1n) is 5.77. The maximum absolute atomic E-state index is 12.3. The second kappa shape index (κ2) is 5.59. The summed E-state index contributed by atoms with van der Waals surface area (Å²) in [6.45, 7) is 5.28. The number of hydrogen-bond acceptors (Lipinski definition) is 4. The first-order valence-corrected chi connectivity index (χ1v) is 7.26. The van der Waals surface area contributed by atoms with E-state index in [1.54, 1.807) is 32.9 Å². The molecule has 1 rings (SSSR count). The minimum atomic E-state index is -3.69. The number of benzene rings is 1. The van der Waals surface area contributed by atoms with Gasteiger partial charge in [0.25, 0.3) is 0 Å². The Morgan fingerprint density at radius 2 is 2.00 bits per heavy atom. The van der Waals surface area contributed by atoms with Crippen molar-refractivity contribution in [1.82, 2.24) is 4.72 Å². The third-order valence-corrected chi connectivity index (χ3v) is 4.02. The van der Waals surface area contributed by atoms with Gasteiger partial charge in [-0.3, -0.25) is 0 Å². The molecule has 0 aliphatic carbocycles. The highest BCUT2D eigenvalue weighted by molar-refractivity contribution is 7.89. The van der Waals surface area contributed by atoms with Crippen molar-refractivity contribution in [3.05, 3.63) is 23.8 Å². The van der Waals surface area contributed by atoms with Gasteiger partial charge in [0, 0.05) is 5.54 Å². The molecule has 0 amide bonds. The van der Waals surface area contributed by atoms with Crippen LogP contribution in [-0.2, 0) is 16.4 Å². The standard InChI is InChI=1S/C13H18N2O3S/c1-13(2,3)15-19(16,17)12-9-10(7-8-14)5-6-11(12)18-4/h5-6,9,15H,7H2,1-4H3. The molecule has 0 saturated carbocycles. The number of methoxy groups -OCH3 is 1. The van der Waals surface area contributed by atoms with Gasteiger partial charge >= 0.3 is 0 Å². The van der Waals surface area contributed by atoms with Crippen LogP contribution in [0, 0.1) is 11.3 Å². The summed E-state index contributed by atoms with van der Waals surface area (Å²) in [7, 11) is -2.27. The second-order valence-corrected chi connectivity index (χ2v) is 6.83. The summed E-state index contributed by atoms with van der Waals surface area (Å²) < 4.78 is 32.3. The van der Waals surface area contributed by atoms with Crippen LogP contribution in [-0.4, -0.2) is 21.1 Å². The van der Waals surface area contributed by atoms with Crippen molar-refractivity contribution in [2.75, 3.05) is 7.11 Å². The van der Waals surface area contributed by atoms with E-state index < -0.39 is 15.6 Å². The summed E-state index contributed by atoms with van der Waals surface area (Å²) in [5, 5.41) is 8.68. The van der Waals surface area contributed by atoms with E-state index in [1.165, 1.54) is 13.2 Å². The van der Waals surface area contributed by atoms with Crippen LogP contribution in [0.5, 0.6) is 5.75 Å². The Bertz CT molecular complexity index is 595. The largest absolute Gasteiger partial charge is 0.495 e. The molecule has 0 unspecified atom stereocenters. The number of nitrogens with one attached hydrogen (secondary N) is 1. The molecular weight excluding hydrogens is 264 g/mol. The normalized spacial score (nSPS) is 11.9. The molecule has 0 aliphatic rings. The maximum atomic E-state index is 12.3. The summed E-state index contributed by atoms with van der Waals surface area (Å²) in [5.41, 5.74) is 0.0484. The Morgan fingerprint density at radius 1 is 1.37 bits per heavy atom. The Hall–Kier alpha value is -1.58. The zero-order valence-corrected chi connectivity index (χ0v) is 12.3. The SMILES string of the molecule is COc1ccc(CC#N)cc1S(=O)(=O)NC(C)(C)C. The number of hydrogen-bond donors (Lipinski definition) is 1. The van der Waals surface area contributed by atoms with Crippen molar-refractivity contribution in [2.24, 2.45) is 0 Å². The first kappa shape index (κ1) is 15.5. The van der Waals surface area contributed by atoms with E-state index in [4.69, 9.17) is 10.00 Å². The molecule has 0 heterocycles. The monoisotopic (exact) mass is 282 g/mol. The summed E-state index contributed by atoms with van der Waals surface area (Å²) >= 11 is 0. The van der Waals surface area contributed by atoms with Gasteiger partial charge in [-0.15, -0.1) is 0 Å². The Kier molecular flexibility index (Phi) is 4.56. The highest BCUT2D eigenvalue weighted by atomic mass is 32.2. The average Bonchev–Trinajstić information content (AvgIpc) is 2.26. The molecule has 0 saturated heterocycles. The number of sulfonamides is 1. The Morgan fingerprint density at radius 3 is 2.47 bits per heavy atom. The molecule has 0 aliphatic heterocycles. The Labute approximate surface area is 114 Å². The van der Waals surface area contributed by atoms with Gasteiger partial charge in [0.15, 0.2) is 0 Å². The van der Waals surface area contributed by atoms with Crippen LogP contribution in [0.3, 0.4) is 0 Å². The van der Waals surface area contributed by atoms with Crippen LogP contribution in [0.4, 0.5) is 0 Å². The molecule has 19 heavy (non-hydrogen) atoms. The van der Waals surface area contributed by atoms with E-state index in [9.17, 15) is 8.42 Å². The van der Waals surface area contributed by atoms with Gasteiger partial charge in [0.1, 0.15) is 10.6 Å². The average molecular weight is 282 g/mol. The lowest BCUT2D eigenvalue weighted by Crippen LogP contribution is -2.40. The fraction of sp³-hybridized carbons (Fsp3) is 0.462. The molecule has 1 N–H and O–H groups in total. The lowest BCUT2D eigenvalue weighted by Gasteiger charge is -2.21. The zero-order chi connectivity index (χ0) is 14.7. The molecule has 104 valence electrons. The van der Waals surface area contributed by atoms with Crippen LogP contribution in [0.25, 0.3) is 0 Å². The summed E-state index contributed by atoms with van der Waals surface area (Å²) in [6.07, 6.45) is 0.155. The van der Waals surface area contributed by atoms with Gasteiger partial charge in [0.2, 0.25) is 10.0 Å². The van der Waals surface area contributed by atoms with E-state index in [0.717, 1.165) is 0 Å².